The van der Waals surface area contributed by atoms with E-state index in [4.69, 9.17) is 0 Å². The van der Waals surface area contributed by atoms with E-state index in [9.17, 15) is 4.79 Å². The Kier molecular flexibility index (Phi) is 4.16. The number of carbonyl (C=O) groups excluding carboxylic acids is 1. The second kappa shape index (κ2) is 5.39. The van der Waals surface area contributed by atoms with Crippen LogP contribution in [0.1, 0.15) is 11.1 Å². The molecule has 0 atom stereocenters. The molecule has 1 rings (SSSR count). The van der Waals surface area contributed by atoms with Crippen molar-refractivity contribution >= 4 is 6.03 Å². The molecule has 3 heteroatoms. The van der Waals surface area contributed by atoms with E-state index in [-0.39, 0.29) is 6.03 Å². The Morgan fingerprint density at radius 1 is 1.27 bits per heavy atom. The van der Waals surface area contributed by atoms with Gasteiger partial charge in [0, 0.05) is 20.6 Å². The van der Waals surface area contributed by atoms with Crippen molar-refractivity contribution in [1.29, 1.82) is 0 Å². The Morgan fingerprint density at radius 2 is 1.87 bits per heavy atom. The van der Waals surface area contributed by atoms with Crippen LogP contribution in [-0.2, 0) is 6.42 Å². The summed E-state index contributed by atoms with van der Waals surface area (Å²) in [5, 5.41) is 2.83. The predicted octanol–water partition coefficient (Wildman–Crippen LogP) is 1.81. The molecule has 0 fully saturated rings. The minimum atomic E-state index is -0.0397. The van der Waals surface area contributed by atoms with Crippen LogP contribution in [0.3, 0.4) is 0 Å². The van der Waals surface area contributed by atoms with Gasteiger partial charge >= 0.3 is 6.03 Å². The van der Waals surface area contributed by atoms with Crippen LogP contribution in [0.4, 0.5) is 4.79 Å². The molecule has 0 saturated carbocycles. The normalized spacial score (nSPS) is 9.80. The SMILES string of the molecule is Cc1ccc(CCNC(=O)N(C)C)cc1. The molecule has 0 saturated heterocycles. The van der Waals surface area contributed by atoms with Crippen LogP contribution in [0.5, 0.6) is 0 Å². The molecule has 0 radical (unpaired) electrons. The van der Waals surface area contributed by atoms with E-state index < -0.39 is 0 Å². The maximum absolute atomic E-state index is 11.2. The van der Waals surface area contributed by atoms with Crippen molar-refractivity contribution < 1.29 is 4.79 Å². The predicted molar refractivity (Wildman–Crippen MR) is 62.0 cm³/mol. The van der Waals surface area contributed by atoms with E-state index in [0.29, 0.717) is 6.54 Å². The zero-order chi connectivity index (χ0) is 11.3. The third kappa shape index (κ3) is 4.02. The van der Waals surface area contributed by atoms with Crippen LogP contribution in [0.15, 0.2) is 24.3 Å². The van der Waals surface area contributed by atoms with E-state index in [1.807, 2.05) is 0 Å². The average Bonchev–Trinajstić information content (AvgIpc) is 2.20. The molecule has 1 aromatic carbocycles. The van der Waals surface area contributed by atoms with E-state index in [1.54, 1.807) is 14.1 Å². The molecule has 0 aliphatic carbocycles. The Hall–Kier alpha value is -1.51. The fourth-order valence-electron chi connectivity index (χ4n) is 1.23. The summed E-state index contributed by atoms with van der Waals surface area (Å²) in [5.41, 5.74) is 2.51. The molecule has 3 nitrogen and oxygen atoms in total. The monoisotopic (exact) mass is 206 g/mol. The van der Waals surface area contributed by atoms with Gasteiger partial charge in [0.05, 0.1) is 0 Å². The molecule has 0 heterocycles. The minimum Gasteiger partial charge on any atom is -0.338 e. The van der Waals surface area contributed by atoms with Crippen LogP contribution in [0.2, 0.25) is 0 Å². The summed E-state index contributed by atoms with van der Waals surface area (Å²) >= 11 is 0. The number of carbonyl (C=O) groups is 1. The molecule has 1 N–H and O–H groups in total. The molecule has 0 spiro atoms. The molecular weight excluding hydrogens is 188 g/mol. The Balaban J connectivity index is 2.32. The summed E-state index contributed by atoms with van der Waals surface area (Å²) in [5.74, 6) is 0. The van der Waals surface area contributed by atoms with Crippen molar-refractivity contribution in [2.24, 2.45) is 0 Å². The maximum atomic E-state index is 11.2. The van der Waals surface area contributed by atoms with Gasteiger partial charge in [0.1, 0.15) is 0 Å². The van der Waals surface area contributed by atoms with Gasteiger partial charge in [-0.3, -0.25) is 0 Å². The highest BCUT2D eigenvalue weighted by atomic mass is 16.2. The number of amides is 2. The van der Waals surface area contributed by atoms with Crippen molar-refractivity contribution in [3.05, 3.63) is 35.4 Å². The molecule has 2 amide bonds. The summed E-state index contributed by atoms with van der Waals surface area (Å²) in [6.45, 7) is 2.75. The van der Waals surface area contributed by atoms with Gasteiger partial charge in [-0.1, -0.05) is 29.8 Å². The standard InChI is InChI=1S/C12H18N2O/c1-10-4-6-11(7-5-10)8-9-13-12(15)14(2)3/h4-7H,8-9H2,1-3H3,(H,13,15). The quantitative estimate of drug-likeness (QED) is 0.803. The summed E-state index contributed by atoms with van der Waals surface area (Å²) < 4.78 is 0. The van der Waals surface area contributed by atoms with Crippen LogP contribution >= 0.6 is 0 Å². The highest BCUT2D eigenvalue weighted by Gasteiger charge is 2.01. The van der Waals surface area contributed by atoms with E-state index >= 15 is 0 Å². The first-order valence-corrected chi connectivity index (χ1v) is 5.10. The average molecular weight is 206 g/mol. The summed E-state index contributed by atoms with van der Waals surface area (Å²) in [6, 6.07) is 8.32. The number of hydrogen-bond donors (Lipinski definition) is 1. The Bertz CT molecular complexity index is 317. The number of hydrogen-bond acceptors (Lipinski definition) is 1. The maximum Gasteiger partial charge on any atom is 0.316 e. The van der Waals surface area contributed by atoms with Crippen LogP contribution in [0.25, 0.3) is 0 Å². The van der Waals surface area contributed by atoms with Crippen molar-refractivity contribution in [1.82, 2.24) is 10.2 Å². The fraction of sp³-hybridized carbons (Fsp3) is 0.417. The fourth-order valence-corrected chi connectivity index (χ4v) is 1.23. The van der Waals surface area contributed by atoms with Crippen LogP contribution in [-0.4, -0.2) is 31.6 Å². The highest BCUT2D eigenvalue weighted by Crippen LogP contribution is 2.02. The number of urea groups is 1. The van der Waals surface area contributed by atoms with Gasteiger partial charge in [0.25, 0.3) is 0 Å². The number of nitrogens with one attached hydrogen (secondary N) is 1. The second-order valence-corrected chi connectivity index (χ2v) is 3.86. The molecule has 82 valence electrons. The zero-order valence-electron chi connectivity index (χ0n) is 9.58. The molecule has 0 aromatic heterocycles. The van der Waals surface area contributed by atoms with Crippen molar-refractivity contribution in [3.8, 4) is 0 Å². The third-order valence-electron chi connectivity index (χ3n) is 2.22. The first-order chi connectivity index (χ1) is 7.09. The van der Waals surface area contributed by atoms with E-state index in [2.05, 4.69) is 36.5 Å². The molecule has 0 bridgehead atoms. The number of aryl methyl sites for hydroxylation is 1. The first-order valence-electron chi connectivity index (χ1n) is 5.10. The van der Waals surface area contributed by atoms with Gasteiger partial charge in [0.15, 0.2) is 0 Å². The Morgan fingerprint density at radius 3 is 2.40 bits per heavy atom. The van der Waals surface area contributed by atoms with Crippen LogP contribution < -0.4 is 5.32 Å². The zero-order valence-corrected chi connectivity index (χ0v) is 9.58. The van der Waals surface area contributed by atoms with Crippen molar-refractivity contribution in [2.75, 3.05) is 20.6 Å². The topological polar surface area (TPSA) is 32.3 Å². The lowest BCUT2D eigenvalue weighted by molar-refractivity contribution is 0.217. The summed E-state index contributed by atoms with van der Waals surface area (Å²) in [7, 11) is 3.47. The highest BCUT2D eigenvalue weighted by molar-refractivity contribution is 5.73. The van der Waals surface area contributed by atoms with Crippen molar-refractivity contribution in [3.63, 3.8) is 0 Å². The molecular formula is C12H18N2O. The third-order valence-corrected chi connectivity index (χ3v) is 2.22. The van der Waals surface area contributed by atoms with Gasteiger partial charge in [-0.05, 0) is 18.9 Å². The van der Waals surface area contributed by atoms with Gasteiger partial charge in [-0.15, -0.1) is 0 Å². The summed E-state index contributed by atoms with van der Waals surface area (Å²) in [4.78, 5) is 12.7. The van der Waals surface area contributed by atoms with E-state index in [1.165, 1.54) is 16.0 Å². The number of rotatable bonds is 3. The van der Waals surface area contributed by atoms with Crippen LogP contribution in [0, 0.1) is 6.92 Å². The summed E-state index contributed by atoms with van der Waals surface area (Å²) in [6.07, 6.45) is 0.875. The van der Waals surface area contributed by atoms with Gasteiger partial charge in [-0.25, -0.2) is 4.79 Å². The molecule has 0 aliphatic heterocycles. The lowest BCUT2D eigenvalue weighted by Crippen LogP contribution is -2.35. The van der Waals surface area contributed by atoms with Gasteiger partial charge < -0.3 is 10.2 Å². The lowest BCUT2D eigenvalue weighted by Gasteiger charge is -2.11. The van der Waals surface area contributed by atoms with E-state index in [0.717, 1.165) is 6.42 Å². The lowest BCUT2D eigenvalue weighted by atomic mass is 10.1. The second-order valence-electron chi connectivity index (χ2n) is 3.86. The molecule has 1 aromatic rings. The minimum absolute atomic E-state index is 0.0397. The molecule has 0 aliphatic rings. The Labute approximate surface area is 91.1 Å². The van der Waals surface area contributed by atoms with Gasteiger partial charge in [0.2, 0.25) is 0 Å². The number of benzene rings is 1. The smallest absolute Gasteiger partial charge is 0.316 e. The number of nitrogens with zero attached hydrogens (tertiary/aromatic N) is 1. The first kappa shape index (κ1) is 11.6. The molecule has 0 unspecified atom stereocenters. The van der Waals surface area contributed by atoms with Crippen molar-refractivity contribution in [2.45, 2.75) is 13.3 Å². The molecule has 15 heavy (non-hydrogen) atoms. The van der Waals surface area contributed by atoms with Gasteiger partial charge in [-0.2, -0.15) is 0 Å². The largest absolute Gasteiger partial charge is 0.338 e.